The zero-order valence-electron chi connectivity index (χ0n) is 19.2. The van der Waals surface area contributed by atoms with Crippen LogP contribution < -0.4 is 5.73 Å². The number of primary amides is 1. The number of aromatic hydroxyl groups is 1. The summed E-state index contributed by atoms with van der Waals surface area (Å²) >= 11 is 0. The van der Waals surface area contributed by atoms with Gasteiger partial charge in [-0.25, -0.2) is 0 Å². The summed E-state index contributed by atoms with van der Waals surface area (Å²) < 4.78 is 0. The van der Waals surface area contributed by atoms with Gasteiger partial charge in [0.25, 0.3) is 0 Å². The zero-order valence-corrected chi connectivity index (χ0v) is 19.2. The summed E-state index contributed by atoms with van der Waals surface area (Å²) in [5.41, 5.74) is 3.19. The second kappa shape index (κ2) is 7.64. The number of amides is 1. The van der Waals surface area contributed by atoms with Gasteiger partial charge < -0.3 is 15.9 Å². The number of fused-ring (bicyclic) bond motifs is 3. The lowest BCUT2D eigenvalue weighted by Crippen LogP contribution is -2.74. The summed E-state index contributed by atoms with van der Waals surface area (Å²) in [7, 11) is 3.03. The second-order valence-electron chi connectivity index (χ2n) is 9.79. The van der Waals surface area contributed by atoms with Crippen molar-refractivity contribution < 1.29 is 39.0 Å². The van der Waals surface area contributed by atoms with E-state index in [0.29, 0.717) is 5.56 Å². The predicted molar refractivity (Wildman–Crippen MR) is 116 cm³/mol. The van der Waals surface area contributed by atoms with Gasteiger partial charge in [-0.3, -0.25) is 33.7 Å². The van der Waals surface area contributed by atoms with Crippen molar-refractivity contribution in [2.24, 2.45) is 29.4 Å². The lowest BCUT2D eigenvalue weighted by Gasteiger charge is -2.52. The Balaban J connectivity index is 1.92. The molecule has 3 aliphatic rings. The minimum Gasteiger partial charge on any atom is -0.507 e. The molecule has 10 heteroatoms. The third kappa shape index (κ3) is 2.94. The van der Waals surface area contributed by atoms with E-state index in [2.05, 4.69) is 0 Å². The fourth-order valence-electron chi connectivity index (χ4n) is 6.12. The number of Topliss-reactive ketones (excluding diaryl/α,β-unsaturated/α-hetero) is 5. The lowest BCUT2D eigenvalue weighted by atomic mass is 9.52. The van der Waals surface area contributed by atoms with Crippen LogP contribution in [0.15, 0.2) is 6.07 Å². The van der Waals surface area contributed by atoms with Crippen molar-refractivity contribution in [1.82, 2.24) is 4.90 Å². The van der Waals surface area contributed by atoms with Crippen LogP contribution in [0.5, 0.6) is 5.75 Å². The number of hydrogen-bond donors (Lipinski definition) is 3. The molecule has 0 heterocycles. The van der Waals surface area contributed by atoms with Crippen molar-refractivity contribution in [1.29, 1.82) is 0 Å². The molecule has 0 bridgehead atoms. The van der Waals surface area contributed by atoms with Gasteiger partial charge in [-0.1, -0.05) is 0 Å². The maximum absolute atomic E-state index is 13.7. The van der Waals surface area contributed by atoms with Crippen LogP contribution in [0.4, 0.5) is 0 Å². The number of nitrogens with zero attached hydrogens (tertiary/aromatic N) is 1. The molecule has 1 amide bonds. The van der Waals surface area contributed by atoms with E-state index in [0.717, 1.165) is 0 Å². The van der Waals surface area contributed by atoms with Crippen molar-refractivity contribution in [3.63, 3.8) is 0 Å². The molecule has 34 heavy (non-hydrogen) atoms. The van der Waals surface area contributed by atoms with Crippen LogP contribution in [-0.4, -0.2) is 75.7 Å². The number of phenolic OH excluding ortho intramolecular Hbond substituents is 1. The first-order valence-corrected chi connectivity index (χ1v) is 11.0. The summed E-state index contributed by atoms with van der Waals surface area (Å²) in [5.74, 6) is -11.4. The van der Waals surface area contributed by atoms with E-state index in [-0.39, 0.29) is 41.1 Å². The SMILES string of the molecule is CC(=O)c1cc(C)c(O)c2c1CC1CC3C(N(C)C)C(=O)C(C(N)=O)C(=O)C3(O)C(=O)C1C2=O. The van der Waals surface area contributed by atoms with Crippen molar-refractivity contribution in [2.45, 2.75) is 38.3 Å². The van der Waals surface area contributed by atoms with Crippen LogP contribution in [0.1, 0.15) is 45.2 Å². The zero-order chi connectivity index (χ0) is 25.4. The number of aryl methyl sites for hydroxylation is 1. The number of phenols is 1. The average Bonchev–Trinajstić information content (AvgIpc) is 2.72. The standard InChI is InChI=1S/C24H26N2O8/c1-8-5-11(9(2)27)12-6-10-7-13-17(26(3)4)20(30)16(23(25)33)22(32)24(13,34)21(31)14(10)19(29)15(12)18(8)28/h5,10,13-14,16-17,28,34H,6-7H2,1-4H3,(H2,25,33). The Morgan fingerprint density at radius 3 is 2.29 bits per heavy atom. The van der Waals surface area contributed by atoms with Gasteiger partial charge in [-0.15, -0.1) is 0 Å². The molecule has 0 aromatic heterocycles. The predicted octanol–water partition coefficient (Wildman–Crippen LogP) is -0.622. The van der Waals surface area contributed by atoms with Crippen molar-refractivity contribution in [3.05, 3.63) is 28.3 Å². The topological polar surface area (TPSA) is 172 Å². The van der Waals surface area contributed by atoms with Crippen LogP contribution in [-0.2, 0) is 25.6 Å². The maximum atomic E-state index is 13.7. The van der Waals surface area contributed by atoms with Crippen molar-refractivity contribution >= 4 is 34.8 Å². The molecule has 10 nitrogen and oxygen atoms in total. The molecule has 0 aliphatic heterocycles. The number of nitrogens with two attached hydrogens (primary N) is 1. The van der Waals surface area contributed by atoms with E-state index >= 15 is 0 Å². The Morgan fingerprint density at radius 2 is 1.76 bits per heavy atom. The average molecular weight is 470 g/mol. The van der Waals surface area contributed by atoms with Gasteiger partial charge >= 0.3 is 0 Å². The molecule has 0 radical (unpaired) electrons. The first-order chi connectivity index (χ1) is 15.7. The number of hydrogen-bond acceptors (Lipinski definition) is 9. The number of carbonyl (C=O) groups is 6. The number of rotatable bonds is 3. The molecule has 1 aromatic rings. The summed E-state index contributed by atoms with van der Waals surface area (Å²) in [5, 5.41) is 22.1. The fraction of sp³-hybridized carbons (Fsp3) is 0.500. The van der Waals surface area contributed by atoms with Gasteiger partial charge in [0.15, 0.2) is 40.4 Å². The Labute approximate surface area is 195 Å². The number of aliphatic hydroxyl groups is 1. The molecule has 4 N–H and O–H groups in total. The van der Waals surface area contributed by atoms with Gasteiger partial charge in [-0.2, -0.15) is 0 Å². The molecule has 1 aromatic carbocycles. The summed E-state index contributed by atoms with van der Waals surface area (Å²) in [4.78, 5) is 79.1. The Hall–Kier alpha value is -3.24. The number of carbonyl (C=O) groups excluding carboxylic acids is 6. The molecular weight excluding hydrogens is 444 g/mol. The minimum absolute atomic E-state index is 0.0596. The quantitative estimate of drug-likeness (QED) is 0.384. The molecule has 180 valence electrons. The summed E-state index contributed by atoms with van der Waals surface area (Å²) in [6.07, 6.45) is 0.00443. The molecule has 2 saturated carbocycles. The molecule has 0 saturated heterocycles. The minimum atomic E-state index is -2.76. The van der Waals surface area contributed by atoms with Crippen LogP contribution in [0, 0.1) is 30.6 Å². The molecule has 2 fully saturated rings. The van der Waals surface area contributed by atoms with E-state index in [9.17, 15) is 39.0 Å². The molecule has 0 spiro atoms. The third-order valence-electron chi connectivity index (χ3n) is 7.63. The number of benzene rings is 1. The largest absolute Gasteiger partial charge is 0.507 e. The van der Waals surface area contributed by atoms with Gasteiger partial charge in [0, 0.05) is 11.5 Å². The van der Waals surface area contributed by atoms with Crippen LogP contribution in [0.3, 0.4) is 0 Å². The van der Waals surface area contributed by atoms with Crippen molar-refractivity contribution in [2.75, 3.05) is 14.1 Å². The maximum Gasteiger partial charge on any atom is 0.235 e. The fourth-order valence-corrected chi connectivity index (χ4v) is 6.12. The first-order valence-electron chi connectivity index (χ1n) is 11.0. The summed E-state index contributed by atoms with van der Waals surface area (Å²) in [6, 6.07) is 0.319. The highest BCUT2D eigenvalue weighted by molar-refractivity contribution is 6.32. The summed E-state index contributed by atoms with van der Waals surface area (Å²) in [6.45, 7) is 2.85. The van der Waals surface area contributed by atoms with E-state index in [1.54, 1.807) is 0 Å². The Morgan fingerprint density at radius 1 is 1.15 bits per heavy atom. The second-order valence-corrected chi connectivity index (χ2v) is 9.79. The van der Waals surface area contributed by atoms with E-state index in [4.69, 9.17) is 5.73 Å². The van der Waals surface area contributed by atoms with Crippen LogP contribution in [0.2, 0.25) is 0 Å². The first kappa shape index (κ1) is 23.9. The molecular formula is C24H26N2O8. The highest BCUT2D eigenvalue weighted by Gasteiger charge is 2.69. The normalized spacial score (nSPS) is 32.8. The van der Waals surface area contributed by atoms with E-state index in [1.165, 1.54) is 38.9 Å². The monoisotopic (exact) mass is 470 g/mol. The lowest BCUT2D eigenvalue weighted by molar-refractivity contribution is -0.181. The molecule has 3 aliphatic carbocycles. The number of ketones is 5. The smallest absolute Gasteiger partial charge is 0.235 e. The molecule has 6 unspecified atom stereocenters. The highest BCUT2D eigenvalue weighted by atomic mass is 16.3. The van der Waals surface area contributed by atoms with Gasteiger partial charge in [0.2, 0.25) is 5.91 Å². The van der Waals surface area contributed by atoms with E-state index in [1.807, 2.05) is 0 Å². The highest BCUT2D eigenvalue weighted by Crippen LogP contribution is 2.51. The molecule has 6 atom stereocenters. The molecule has 4 rings (SSSR count). The van der Waals surface area contributed by atoms with E-state index < -0.39 is 64.4 Å². The van der Waals surface area contributed by atoms with Gasteiger partial charge in [0.1, 0.15) is 5.75 Å². The number of likely N-dealkylation sites (N-methyl/N-ethyl adjacent to an activating group) is 1. The van der Waals surface area contributed by atoms with Gasteiger partial charge in [-0.05, 0) is 63.9 Å². The van der Waals surface area contributed by atoms with Gasteiger partial charge in [0.05, 0.1) is 17.5 Å². The van der Waals surface area contributed by atoms with Crippen LogP contribution >= 0.6 is 0 Å². The van der Waals surface area contributed by atoms with Crippen molar-refractivity contribution in [3.8, 4) is 5.75 Å². The Bertz CT molecular complexity index is 1200. The third-order valence-corrected chi connectivity index (χ3v) is 7.63. The van der Waals surface area contributed by atoms with Crippen LogP contribution in [0.25, 0.3) is 0 Å². The Kier molecular flexibility index (Phi) is 5.37.